The molecule has 0 aliphatic rings. The molecule has 0 aliphatic heterocycles. The van der Waals surface area contributed by atoms with Crippen LogP contribution in [-0.2, 0) is 11.2 Å². The fraction of sp³-hybridized carbons (Fsp3) is 0.562. The fourth-order valence-corrected chi connectivity index (χ4v) is 2.11. The Morgan fingerprint density at radius 1 is 1.25 bits per heavy atom. The van der Waals surface area contributed by atoms with Crippen LogP contribution in [0, 0.1) is 0 Å². The van der Waals surface area contributed by atoms with Crippen molar-refractivity contribution in [2.45, 2.75) is 33.6 Å². The first-order valence-electron chi connectivity index (χ1n) is 7.34. The van der Waals surface area contributed by atoms with Gasteiger partial charge in [0.1, 0.15) is 17.9 Å². The van der Waals surface area contributed by atoms with Gasteiger partial charge in [-0.25, -0.2) is 4.79 Å². The van der Waals surface area contributed by atoms with Crippen molar-refractivity contribution in [3.8, 4) is 5.75 Å². The van der Waals surface area contributed by atoms with E-state index in [2.05, 4.69) is 18.7 Å². The third-order valence-electron chi connectivity index (χ3n) is 3.39. The van der Waals surface area contributed by atoms with E-state index in [1.165, 1.54) is 0 Å². The zero-order valence-corrected chi connectivity index (χ0v) is 12.7. The van der Waals surface area contributed by atoms with Gasteiger partial charge < -0.3 is 14.7 Å². The maximum atomic E-state index is 12.0. The molecule has 20 heavy (non-hydrogen) atoms. The summed E-state index contributed by atoms with van der Waals surface area (Å²) in [5.74, 6) is -0.394. The van der Waals surface area contributed by atoms with E-state index in [1.54, 1.807) is 12.1 Å². The summed E-state index contributed by atoms with van der Waals surface area (Å²) in [6, 6.07) is 5.23. The molecular formula is C16H25NO3. The van der Waals surface area contributed by atoms with E-state index in [1.807, 2.05) is 13.0 Å². The highest BCUT2D eigenvalue weighted by molar-refractivity contribution is 5.92. The van der Waals surface area contributed by atoms with Crippen LogP contribution in [0.2, 0.25) is 0 Å². The second-order valence-electron chi connectivity index (χ2n) is 4.73. The van der Waals surface area contributed by atoms with E-state index in [0.717, 1.165) is 31.5 Å². The zero-order chi connectivity index (χ0) is 15.0. The van der Waals surface area contributed by atoms with Crippen molar-refractivity contribution in [1.29, 1.82) is 0 Å². The van der Waals surface area contributed by atoms with Crippen LogP contribution in [0.1, 0.15) is 43.1 Å². The largest absolute Gasteiger partial charge is 0.507 e. The van der Waals surface area contributed by atoms with Crippen molar-refractivity contribution in [3.05, 3.63) is 29.3 Å². The molecule has 1 N–H and O–H groups in total. The van der Waals surface area contributed by atoms with Crippen molar-refractivity contribution >= 4 is 5.97 Å². The SMILES string of the molecule is CCCc1cccc(C(=O)OCCN(CC)CC)c1O. The molecule has 4 nitrogen and oxygen atoms in total. The molecule has 0 heterocycles. The molecule has 0 fully saturated rings. The summed E-state index contributed by atoms with van der Waals surface area (Å²) in [6.07, 6.45) is 1.68. The van der Waals surface area contributed by atoms with Crippen LogP contribution in [0.4, 0.5) is 0 Å². The number of esters is 1. The number of aryl methyl sites for hydroxylation is 1. The lowest BCUT2D eigenvalue weighted by molar-refractivity contribution is 0.0463. The Morgan fingerprint density at radius 3 is 2.55 bits per heavy atom. The van der Waals surface area contributed by atoms with Crippen LogP contribution in [0.15, 0.2) is 18.2 Å². The van der Waals surface area contributed by atoms with Crippen LogP contribution in [0.25, 0.3) is 0 Å². The topological polar surface area (TPSA) is 49.8 Å². The van der Waals surface area contributed by atoms with Crippen LogP contribution in [-0.4, -0.2) is 42.2 Å². The molecule has 0 atom stereocenters. The minimum absolute atomic E-state index is 0.0576. The number of nitrogens with zero attached hydrogens (tertiary/aromatic N) is 1. The highest BCUT2D eigenvalue weighted by Gasteiger charge is 2.15. The van der Waals surface area contributed by atoms with Gasteiger partial charge in [-0.2, -0.15) is 0 Å². The number of phenols is 1. The van der Waals surface area contributed by atoms with Crippen molar-refractivity contribution in [3.63, 3.8) is 0 Å². The predicted molar refractivity (Wildman–Crippen MR) is 80.2 cm³/mol. The van der Waals surface area contributed by atoms with Gasteiger partial charge in [0.05, 0.1) is 0 Å². The van der Waals surface area contributed by atoms with Gasteiger partial charge in [0, 0.05) is 6.54 Å². The summed E-state index contributed by atoms with van der Waals surface area (Å²) in [7, 11) is 0. The molecule has 0 bridgehead atoms. The van der Waals surface area contributed by atoms with Crippen molar-refractivity contribution < 1.29 is 14.6 Å². The number of hydrogen-bond acceptors (Lipinski definition) is 4. The second-order valence-corrected chi connectivity index (χ2v) is 4.73. The standard InChI is InChI=1S/C16H25NO3/c1-4-8-13-9-7-10-14(15(13)18)16(19)20-12-11-17(5-2)6-3/h7,9-10,18H,4-6,8,11-12H2,1-3H3. The van der Waals surface area contributed by atoms with Crippen LogP contribution >= 0.6 is 0 Å². The quantitative estimate of drug-likeness (QED) is 0.743. The van der Waals surface area contributed by atoms with Gasteiger partial charge in [-0.05, 0) is 31.1 Å². The number of phenolic OH excluding ortho intramolecular Hbond substituents is 1. The minimum atomic E-state index is -0.451. The third-order valence-corrected chi connectivity index (χ3v) is 3.39. The van der Waals surface area contributed by atoms with Gasteiger partial charge in [0.15, 0.2) is 0 Å². The Labute approximate surface area is 121 Å². The van der Waals surface area contributed by atoms with Gasteiger partial charge >= 0.3 is 5.97 Å². The summed E-state index contributed by atoms with van der Waals surface area (Å²) in [5.41, 5.74) is 1.06. The van der Waals surface area contributed by atoms with E-state index in [9.17, 15) is 9.90 Å². The highest BCUT2D eigenvalue weighted by Crippen LogP contribution is 2.24. The lowest BCUT2D eigenvalue weighted by atomic mass is 10.1. The molecule has 1 rings (SSSR count). The smallest absolute Gasteiger partial charge is 0.341 e. The first-order valence-corrected chi connectivity index (χ1v) is 7.34. The van der Waals surface area contributed by atoms with Gasteiger partial charge in [0.2, 0.25) is 0 Å². The third kappa shape index (κ3) is 4.53. The highest BCUT2D eigenvalue weighted by atomic mass is 16.5. The molecule has 0 radical (unpaired) electrons. The van der Waals surface area contributed by atoms with E-state index in [-0.39, 0.29) is 11.3 Å². The minimum Gasteiger partial charge on any atom is -0.507 e. The summed E-state index contributed by atoms with van der Waals surface area (Å²) in [5, 5.41) is 10.1. The van der Waals surface area contributed by atoms with E-state index in [4.69, 9.17) is 4.74 Å². The van der Waals surface area contributed by atoms with Crippen molar-refractivity contribution in [2.75, 3.05) is 26.2 Å². The molecule has 0 spiro atoms. The molecule has 1 aromatic carbocycles. The molecule has 0 aliphatic carbocycles. The summed E-state index contributed by atoms with van der Waals surface area (Å²) < 4.78 is 5.24. The first kappa shape index (κ1) is 16.5. The Morgan fingerprint density at radius 2 is 1.95 bits per heavy atom. The van der Waals surface area contributed by atoms with Crippen LogP contribution in [0.3, 0.4) is 0 Å². The van der Waals surface area contributed by atoms with Gasteiger partial charge in [-0.15, -0.1) is 0 Å². The Balaban J connectivity index is 2.61. The molecule has 0 saturated heterocycles. The van der Waals surface area contributed by atoms with E-state index in [0.29, 0.717) is 13.2 Å². The number of carbonyl (C=O) groups excluding carboxylic acids is 1. The molecule has 1 aromatic rings. The summed E-state index contributed by atoms with van der Waals surface area (Å²) in [6.45, 7) is 9.12. The first-order chi connectivity index (χ1) is 9.63. The lowest BCUT2D eigenvalue weighted by Gasteiger charge is -2.17. The zero-order valence-electron chi connectivity index (χ0n) is 12.7. The van der Waals surface area contributed by atoms with E-state index >= 15 is 0 Å². The number of hydrogen-bond donors (Lipinski definition) is 1. The predicted octanol–water partition coefficient (Wildman–Crippen LogP) is 2.84. The molecule has 112 valence electrons. The van der Waals surface area contributed by atoms with Crippen molar-refractivity contribution in [2.24, 2.45) is 0 Å². The molecular weight excluding hydrogens is 254 g/mol. The summed E-state index contributed by atoms with van der Waals surface area (Å²) in [4.78, 5) is 14.2. The monoisotopic (exact) mass is 279 g/mol. The van der Waals surface area contributed by atoms with Gasteiger partial charge in [0.25, 0.3) is 0 Å². The van der Waals surface area contributed by atoms with Crippen LogP contribution < -0.4 is 0 Å². The number of aromatic hydroxyl groups is 1. The Kier molecular flexibility index (Phi) is 7.09. The number of para-hydroxylation sites is 1. The van der Waals surface area contributed by atoms with Crippen molar-refractivity contribution in [1.82, 2.24) is 4.90 Å². The fourth-order valence-electron chi connectivity index (χ4n) is 2.11. The number of carbonyl (C=O) groups is 1. The van der Waals surface area contributed by atoms with Gasteiger partial charge in [-0.3, -0.25) is 0 Å². The maximum absolute atomic E-state index is 12.0. The van der Waals surface area contributed by atoms with Crippen LogP contribution in [0.5, 0.6) is 5.75 Å². The second kappa shape index (κ2) is 8.59. The van der Waals surface area contributed by atoms with E-state index < -0.39 is 5.97 Å². The van der Waals surface area contributed by atoms with Gasteiger partial charge in [-0.1, -0.05) is 39.3 Å². The number of ether oxygens (including phenoxy) is 1. The molecule has 0 saturated carbocycles. The normalized spacial score (nSPS) is 10.8. The summed E-state index contributed by atoms with van der Waals surface area (Å²) >= 11 is 0. The molecule has 4 heteroatoms. The number of rotatable bonds is 8. The lowest BCUT2D eigenvalue weighted by Crippen LogP contribution is -2.27. The Bertz CT molecular complexity index is 428. The number of benzene rings is 1. The molecule has 0 unspecified atom stereocenters. The Hall–Kier alpha value is -1.55. The molecule has 0 aromatic heterocycles. The molecule has 0 amide bonds. The average Bonchev–Trinajstić information content (AvgIpc) is 2.46. The number of likely N-dealkylation sites (N-methyl/N-ethyl adjacent to an activating group) is 1. The maximum Gasteiger partial charge on any atom is 0.341 e. The average molecular weight is 279 g/mol.